The fourth-order valence-electron chi connectivity index (χ4n) is 1.55. The maximum atomic E-state index is 11.8. The minimum atomic E-state index is -0.345. The molecule has 94 valence electrons. The summed E-state index contributed by atoms with van der Waals surface area (Å²) < 4.78 is 0.940. The molecular weight excluding hydrogens is 298 g/mol. The highest BCUT2D eigenvalue weighted by atomic mass is 79.9. The first kappa shape index (κ1) is 12.6. The zero-order chi connectivity index (χ0) is 13.1. The molecule has 2 rings (SSSR count). The van der Waals surface area contributed by atoms with E-state index in [1.807, 2.05) is 31.2 Å². The summed E-state index contributed by atoms with van der Waals surface area (Å²) in [7, 11) is 0. The number of benzene rings is 1. The lowest BCUT2D eigenvalue weighted by molar-refractivity contribution is 0.0929. The van der Waals surface area contributed by atoms with Gasteiger partial charge in [-0.05, 0) is 18.6 Å². The van der Waals surface area contributed by atoms with Crippen molar-refractivity contribution in [1.29, 1.82) is 0 Å². The van der Waals surface area contributed by atoms with Gasteiger partial charge in [-0.1, -0.05) is 34.1 Å². The van der Waals surface area contributed by atoms with Gasteiger partial charge in [-0.2, -0.15) is 4.98 Å². The van der Waals surface area contributed by atoms with Crippen LogP contribution in [-0.4, -0.2) is 21.1 Å². The van der Waals surface area contributed by atoms with Crippen LogP contribution in [0.3, 0.4) is 0 Å². The van der Waals surface area contributed by atoms with Crippen LogP contribution < -0.4 is 11.1 Å². The van der Waals surface area contributed by atoms with E-state index in [2.05, 4.69) is 36.4 Å². The van der Waals surface area contributed by atoms with E-state index in [0.29, 0.717) is 0 Å². The molecule has 18 heavy (non-hydrogen) atoms. The number of hydrogen-bond acceptors (Lipinski definition) is 4. The summed E-state index contributed by atoms with van der Waals surface area (Å²) >= 11 is 3.44. The number of anilines is 1. The number of hydrogen-bond donors (Lipinski definition) is 3. The third kappa shape index (κ3) is 2.67. The molecule has 7 heteroatoms. The van der Waals surface area contributed by atoms with E-state index in [9.17, 15) is 4.79 Å². The Morgan fingerprint density at radius 2 is 2.22 bits per heavy atom. The molecule has 0 saturated heterocycles. The second-order valence-corrected chi connectivity index (χ2v) is 4.61. The van der Waals surface area contributed by atoms with E-state index in [4.69, 9.17) is 5.73 Å². The van der Waals surface area contributed by atoms with Crippen LogP contribution in [0.2, 0.25) is 0 Å². The highest BCUT2D eigenvalue weighted by Gasteiger charge is 2.15. The topological polar surface area (TPSA) is 96.7 Å². The molecule has 2 aromatic rings. The molecule has 1 atom stereocenters. The molecule has 0 radical (unpaired) electrons. The molecule has 0 aliphatic carbocycles. The van der Waals surface area contributed by atoms with Gasteiger partial charge in [-0.25, -0.2) is 0 Å². The average molecular weight is 310 g/mol. The van der Waals surface area contributed by atoms with Gasteiger partial charge >= 0.3 is 0 Å². The second-order valence-electron chi connectivity index (χ2n) is 3.76. The van der Waals surface area contributed by atoms with Crippen LogP contribution in [0.5, 0.6) is 0 Å². The van der Waals surface area contributed by atoms with Crippen molar-refractivity contribution in [2.75, 3.05) is 5.73 Å². The molecule has 0 unspecified atom stereocenters. The van der Waals surface area contributed by atoms with Gasteiger partial charge in [0.2, 0.25) is 11.8 Å². The third-order valence-electron chi connectivity index (χ3n) is 2.44. The van der Waals surface area contributed by atoms with Crippen molar-refractivity contribution in [3.63, 3.8) is 0 Å². The fraction of sp³-hybridized carbons (Fsp3) is 0.182. The van der Waals surface area contributed by atoms with E-state index < -0.39 is 0 Å². The number of aromatic amines is 1. The lowest BCUT2D eigenvalue weighted by atomic mass is 10.1. The summed E-state index contributed by atoms with van der Waals surface area (Å²) in [6.07, 6.45) is 0. The number of rotatable bonds is 3. The van der Waals surface area contributed by atoms with Crippen LogP contribution in [0.25, 0.3) is 0 Å². The molecule has 0 saturated carbocycles. The Hall–Kier alpha value is -1.89. The molecule has 1 aromatic carbocycles. The van der Waals surface area contributed by atoms with Crippen molar-refractivity contribution < 1.29 is 4.79 Å². The number of nitrogens with zero attached hydrogens (tertiary/aromatic N) is 2. The van der Waals surface area contributed by atoms with Crippen molar-refractivity contribution in [1.82, 2.24) is 20.5 Å². The Morgan fingerprint density at radius 1 is 1.50 bits per heavy atom. The van der Waals surface area contributed by atoms with Gasteiger partial charge in [-0.3, -0.25) is 9.89 Å². The predicted octanol–water partition coefficient (Wildman–Crippen LogP) is 1.64. The molecule has 0 fully saturated rings. The normalized spacial score (nSPS) is 12.1. The molecule has 4 N–H and O–H groups in total. The summed E-state index contributed by atoms with van der Waals surface area (Å²) in [5, 5.41) is 8.88. The first-order chi connectivity index (χ1) is 8.58. The van der Waals surface area contributed by atoms with Gasteiger partial charge in [0.05, 0.1) is 6.04 Å². The minimum Gasteiger partial charge on any atom is -0.366 e. The smallest absolute Gasteiger partial charge is 0.289 e. The number of nitrogen functional groups attached to an aromatic ring is 1. The van der Waals surface area contributed by atoms with E-state index in [1.165, 1.54) is 0 Å². The first-order valence-electron chi connectivity index (χ1n) is 5.31. The highest BCUT2D eigenvalue weighted by Crippen LogP contribution is 2.22. The number of halogens is 1. The molecule has 1 heterocycles. The van der Waals surface area contributed by atoms with Crippen LogP contribution in [0.1, 0.15) is 29.1 Å². The van der Waals surface area contributed by atoms with E-state index >= 15 is 0 Å². The van der Waals surface area contributed by atoms with Crippen LogP contribution in [0, 0.1) is 0 Å². The van der Waals surface area contributed by atoms with Gasteiger partial charge in [0.25, 0.3) is 5.91 Å². The van der Waals surface area contributed by atoms with Crippen molar-refractivity contribution in [2.45, 2.75) is 13.0 Å². The Kier molecular flexibility index (Phi) is 3.61. The van der Waals surface area contributed by atoms with Gasteiger partial charge in [-0.15, -0.1) is 5.10 Å². The number of amides is 1. The zero-order valence-electron chi connectivity index (χ0n) is 9.64. The quantitative estimate of drug-likeness (QED) is 0.803. The number of nitrogens with two attached hydrogens (primary N) is 1. The molecule has 1 amide bonds. The van der Waals surface area contributed by atoms with Crippen molar-refractivity contribution in [3.8, 4) is 0 Å². The van der Waals surface area contributed by atoms with Crippen LogP contribution in [0.4, 0.5) is 5.95 Å². The van der Waals surface area contributed by atoms with Crippen LogP contribution in [0.15, 0.2) is 28.7 Å². The second kappa shape index (κ2) is 5.18. The largest absolute Gasteiger partial charge is 0.366 e. The molecular formula is C11H12BrN5O. The van der Waals surface area contributed by atoms with Gasteiger partial charge in [0, 0.05) is 4.47 Å². The van der Waals surface area contributed by atoms with E-state index in [0.717, 1.165) is 10.0 Å². The minimum absolute atomic E-state index is 0.0497. The SMILES string of the molecule is C[C@H](NC(=O)c1nc(N)n[nH]1)c1ccccc1Br. The summed E-state index contributed by atoms with van der Waals surface area (Å²) in [6.45, 7) is 1.89. The van der Waals surface area contributed by atoms with Crippen molar-refractivity contribution >= 4 is 27.8 Å². The molecule has 0 spiro atoms. The van der Waals surface area contributed by atoms with Crippen LogP contribution in [-0.2, 0) is 0 Å². The predicted molar refractivity (Wildman–Crippen MR) is 70.8 cm³/mol. The summed E-state index contributed by atoms with van der Waals surface area (Å²) in [5.41, 5.74) is 6.33. The van der Waals surface area contributed by atoms with Gasteiger partial charge < -0.3 is 11.1 Å². The molecule has 0 aliphatic rings. The lowest BCUT2D eigenvalue weighted by Crippen LogP contribution is -2.27. The van der Waals surface area contributed by atoms with Crippen LogP contribution >= 0.6 is 15.9 Å². The third-order valence-corrected chi connectivity index (χ3v) is 3.16. The Morgan fingerprint density at radius 3 is 2.83 bits per heavy atom. The maximum absolute atomic E-state index is 11.8. The summed E-state index contributed by atoms with van der Waals surface area (Å²) in [4.78, 5) is 15.6. The Labute approximate surface area is 112 Å². The number of carbonyl (C=O) groups excluding carboxylic acids is 1. The van der Waals surface area contributed by atoms with Crippen molar-refractivity contribution in [2.24, 2.45) is 0 Å². The lowest BCUT2D eigenvalue weighted by Gasteiger charge is -2.14. The standard InChI is InChI=1S/C11H12BrN5O/c1-6(7-4-2-3-5-8(7)12)14-10(18)9-15-11(13)17-16-9/h2-6H,1H3,(H,14,18)(H3,13,15,16,17)/t6-/m0/s1. The monoisotopic (exact) mass is 309 g/mol. The molecule has 0 bridgehead atoms. The first-order valence-corrected chi connectivity index (χ1v) is 6.10. The highest BCUT2D eigenvalue weighted by molar-refractivity contribution is 9.10. The maximum Gasteiger partial charge on any atom is 0.289 e. The molecule has 0 aliphatic heterocycles. The average Bonchev–Trinajstić information content (AvgIpc) is 2.76. The number of aromatic nitrogens is 3. The fourth-order valence-corrected chi connectivity index (χ4v) is 2.17. The van der Waals surface area contributed by atoms with Gasteiger partial charge in [0.15, 0.2) is 0 Å². The van der Waals surface area contributed by atoms with Gasteiger partial charge in [0.1, 0.15) is 0 Å². The number of nitrogens with one attached hydrogen (secondary N) is 2. The van der Waals surface area contributed by atoms with E-state index in [-0.39, 0.29) is 23.7 Å². The zero-order valence-corrected chi connectivity index (χ0v) is 11.2. The number of H-pyrrole nitrogens is 1. The Balaban J connectivity index is 2.10. The molecule has 6 nitrogen and oxygen atoms in total. The molecule has 1 aromatic heterocycles. The van der Waals surface area contributed by atoms with E-state index in [1.54, 1.807) is 0 Å². The Bertz CT molecular complexity index is 568. The number of carbonyl (C=O) groups is 1. The summed E-state index contributed by atoms with van der Waals surface area (Å²) in [6, 6.07) is 7.53. The summed E-state index contributed by atoms with van der Waals surface area (Å²) in [5.74, 6) is -0.192. The van der Waals surface area contributed by atoms with Crippen molar-refractivity contribution in [3.05, 3.63) is 40.1 Å².